The van der Waals surface area contributed by atoms with Gasteiger partial charge in [-0.15, -0.1) is 0 Å². The maximum absolute atomic E-state index is 12.6. The van der Waals surface area contributed by atoms with Gasteiger partial charge in [0.25, 0.3) is 0 Å². The Morgan fingerprint density at radius 1 is 1.43 bits per heavy atom. The van der Waals surface area contributed by atoms with Crippen LogP contribution in [0.5, 0.6) is 0 Å². The molecule has 1 rings (SSSR count). The molecule has 4 heteroatoms. The van der Waals surface area contributed by atoms with E-state index >= 15 is 0 Å². The predicted molar refractivity (Wildman–Crippen MR) is 53.0 cm³/mol. The largest absolute Gasteiger partial charge is 0.409 e. The van der Waals surface area contributed by atoms with Crippen LogP contribution in [0.4, 0.5) is 4.39 Å². The molecule has 0 spiro atoms. The van der Waals surface area contributed by atoms with Gasteiger partial charge >= 0.3 is 0 Å². The van der Waals surface area contributed by atoms with Crippen molar-refractivity contribution in [3.63, 3.8) is 0 Å². The predicted octanol–water partition coefficient (Wildman–Crippen LogP) is 1.91. The van der Waals surface area contributed by atoms with Gasteiger partial charge in [-0.25, -0.2) is 4.39 Å². The van der Waals surface area contributed by atoms with Gasteiger partial charge in [0.15, 0.2) is 5.84 Å². The van der Waals surface area contributed by atoms with E-state index in [4.69, 9.17) is 5.21 Å². The minimum Gasteiger partial charge on any atom is -0.409 e. The number of nitrogens with zero attached hydrogens (tertiary/aromatic N) is 2. The van der Waals surface area contributed by atoms with Crippen molar-refractivity contribution in [3.05, 3.63) is 35.6 Å². The van der Waals surface area contributed by atoms with Gasteiger partial charge in [-0.1, -0.05) is 5.16 Å². The summed E-state index contributed by atoms with van der Waals surface area (Å²) in [6, 6.07) is 5.83. The summed E-state index contributed by atoms with van der Waals surface area (Å²) in [6.07, 6.45) is 0. The molecule has 0 aliphatic carbocycles. The van der Waals surface area contributed by atoms with E-state index in [2.05, 4.69) is 5.16 Å². The normalized spacial score (nSPS) is 11.5. The van der Waals surface area contributed by atoms with Crippen LogP contribution in [0, 0.1) is 5.82 Å². The first kappa shape index (κ1) is 10.5. The van der Waals surface area contributed by atoms with E-state index in [-0.39, 0.29) is 5.82 Å². The number of rotatable bonds is 2. The third-order valence-corrected chi connectivity index (χ3v) is 2.03. The van der Waals surface area contributed by atoms with Crippen LogP contribution in [0.3, 0.4) is 0 Å². The number of halogens is 1. The van der Waals surface area contributed by atoms with Crippen molar-refractivity contribution in [1.29, 1.82) is 0 Å². The first-order valence-corrected chi connectivity index (χ1v) is 4.38. The molecule has 0 aliphatic rings. The first-order chi connectivity index (χ1) is 6.69. The number of amidine groups is 1. The lowest BCUT2D eigenvalue weighted by Gasteiger charge is -2.17. The summed E-state index contributed by atoms with van der Waals surface area (Å²) < 4.78 is 12.6. The van der Waals surface area contributed by atoms with Crippen LogP contribution in [-0.2, 0) is 0 Å². The molecule has 0 unspecified atom stereocenters. The second kappa shape index (κ2) is 4.60. The molecular formula is C10H13FN2O. The lowest BCUT2D eigenvalue weighted by Crippen LogP contribution is -2.27. The summed E-state index contributed by atoms with van der Waals surface area (Å²) in [5.74, 6) is 0.137. The van der Waals surface area contributed by atoms with Crippen LogP contribution >= 0.6 is 0 Å². The Kier molecular flexibility index (Phi) is 3.45. The number of hydrogen-bond acceptors (Lipinski definition) is 2. The Balaban J connectivity index is 2.96. The molecule has 0 amide bonds. The topological polar surface area (TPSA) is 35.8 Å². The molecule has 0 bridgehead atoms. The zero-order chi connectivity index (χ0) is 10.6. The minimum atomic E-state index is -0.301. The van der Waals surface area contributed by atoms with Crippen LogP contribution in [-0.4, -0.2) is 29.5 Å². The lowest BCUT2D eigenvalue weighted by atomic mass is 10.2. The van der Waals surface area contributed by atoms with Gasteiger partial charge in [-0.3, -0.25) is 0 Å². The van der Waals surface area contributed by atoms with Gasteiger partial charge in [-0.05, 0) is 31.2 Å². The second-order valence-corrected chi connectivity index (χ2v) is 2.94. The van der Waals surface area contributed by atoms with Gasteiger partial charge in [-0.2, -0.15) is 0 Å². The number of oxime groups is 1. The Bertz CT molecular complexity index is 321. The molecular weight excluding hydrogens is 183 g/mol. The molecule has 0 fully saturated rings. The quantitative estimate of drug-likeness (QED) is 0.339. The fraction of sp³-hybridized carbons (Fsp3) is 0.300. The fourth-order valence-corrected chi connectivity index (χ4v) is 1.10. The molecule has 14 heavy (non-hydrogen) atoms. The molecule has 3 nitrogen and oxygen atoms in total. The van der Waals surface area contributed by atoms with E-state index in [0.717, 1.165) is 6.54 Å². The van der Waals surface area contributed by atoms with Gasteiger partial charge < -0.3 is 10.1 Å². The molecule has 0 saturated heterocycles. The van der Waals surface area contributed by atoms with Gasteiger partial charge in [0.1, 0.15) is 5.82 Å². The van der Waals surface area contributed by atoms with E-state index in [9.17, 15) is 4.39 Å². The van der Waals surface area contributed by atoms with Crippen molar-refractivity contribution in [2.24, 2.45) is 5.16 Å². The Hall–Kier alpha value is -1.58. The highest BCUT2D eigenvalue weighted by molar-refractivity contribution is 5.98. The average molecular weight is 196 g/mol. The molecule has 1 aromatic carbocycles. The SMILES string of the molecule is CCN(C)/C(=N/O)c1ccc(F)cc1. The number of hydrogen-bond donors (Lipinski definition) is 1. The van der Waals surface area contributed by atoms with Crippen molar-refractivity contribution in [2.75, 3.05) is 13.6 Å². The van der Waals surface area contributed by atoms with E-state index in [0.29, 0.717) is 11.4 Å². The minimum absolute atomic E-state index is 0.301. The monoisotopic (exact) mass is 196 g/mol. The zero-order valence-electron chi connectivity index (χ0n) is 8.24. The smallest absolute Gasteiger partial charge is 0.174 e. The van der Waals surface area contributed by atoms with E-state index in [1.807, 2.05) is 6.92 Å². The van der Waals surface area contributed by atoms with E-state index in [1.165, 1.54) is 12.1 Å². The van der Waals surface area contributed by atoms with E-state index in [1.54, 1.807) is 24.1 Å². The standard InChI is InChI=1S/C10H13FN2O/c1-3-13(2)10(12-14)8-4-6-9(11)7-5-8/h4-7,14H,3H2,1-2H3/b12-10+. The Morgan fingerprint density at radius 2 is 2.00 bits per heavy atom. The highest BCUT2D eigenvalue weighted by Crippen LogP contribution is 2.06. The van der Waals surface area contributed by atoms with Crippen molar-refractivity contribution >= 4 is 5.84 Å². The summed E-state index contributed by atoms with van der Waals surface area (Å²) in [6.45, 7) is 2.66. The lowest BCUT2D eigenvalue weighted by molar-refractivity contribution is 0.308. The molecule has 1 N–H and O–H groups in total. The molecule has 0 radical (unpaired) electrons. The summed E-state index contributed by atoms with van der Waals surface area (Å²) in [7, 11) is 1.80. The molecule has 76 valence electrons. The van der Waals surface area contributed by atoms with Crippen molar-refractivity contribution in [3.8, 4) is 0 Å². The molecule has 0 atom stereocenters. The Morgan fingerprint density at radius 3 is 2.43 bits per heavy atom. The highest BCUT2D eigenvalue weighted by Gasteiger charge is 2.07. The summed E-state index contributed by atoms with van der Waals surface area (Å²) in [4.78, 5) is 1.77. The maximum atomic E-state index is 12.6. The number of benzene rings is 1. The molecule has 0 aliphatic heterocycles. The molecule has 1 aromatic rings. The van der Waals surface area contributed by atoms with Crippen LogP contribution in [0.25, 0.3) is 0 Å². The zero-order valence-corrected chi connectivity index (χ0v) is 8.24. The van der Waals surface area contributed by atoms with Gasteiger partial charge in [0.2, 0.25) is 0 Å². The summed E-state index contributed by atoms with van der Waals surface area (Å²) in [5.41, 5.74) is 0.693. The van der Waals surface area contributed by atoms with Crippen LogP contribution < -0.4 is 0 Å². The maximum Gasteiger partial charge on any atom is 0.174 e. The highest BCUT2D eigenvalue weighted by atomic mass is 19.1. The Labute approximate surface area is 82.5 Å². The van der Waals surface area contributed by atoms with Crippen molar-refractivity contribution in [1.82, 2.24) is 4.90 Å². The van der Waals surface area contributed by atoms with Crippen LogP contribution in [0.15, 0.2) is 29.4 Å². The van der Waals surface area contributed by atoms with Crippen LogP contribution in [0.1, 0.15) is 12.5 Å². The third-order valence-electron chi connectivity index (χ3n) is 2.03. The summed E-state index contributed by atoms with van der Waals surface area (Å²) in [5, 5.41) is 12.0. The molecule has 0 aromatic heterocycles. The average Bonchev–Trinajstić information content (AvgIpc) is 2.21. The van der Waals surface area contributed by atoms with Gasteiger partial charge in [0.05, 0.1) is 0 Å². The van der Waals surface area contributed by atoms with Crippen molar-refractivity contribution < 1.29 is 9.60 Å². The first-order valence-electron chi connectivity index (χ1n) is 4.38. The molecule has 0 heterocycles. The summed E-state index contributed by atoms with van der Waals surface area (Å²) >= 11 is 0. The van der Waals surface area contributed by atoms with Gasteiger partial charge in [0, 0.05) is 19.2 Å². The van der Waals surface area contributed by atoms with E-state index < -0.39 is 0 Å². The third kappa shape index (κ3) is 2.22. The molecule has 0 saturated carbocycles. The van der Waals surface area contributed by atoms with Crippen LogP contribution in [0.2, 0.25) is 0 Å². The van der Waals surface area contributed by atoms with Crippen molar-refractivity contribution in [2.45, 2.75) is 6.92 Å². The fourth-order valence-electron chi connectivity index (χ4n) is 1.10. The second-order valence-electron chi connectivity index (χ2n) is 2.94.